The molecule has 1 amide bonds. The normalized spacial score (nSPS) is 30.1. The van der Waals surface area contributed by atoms with Crippen LogP contribution in [0.3, 0.4) is 0 Å². The molecule has 22 heavy (non-hydrogen) atoms. The predicted octanol–water partition coefficient (Wildman–Crippen LogP) is 4.11. The zero-order valence-electron chi connectivity index (χ0n) is 14.2. The number of likely N-dealkylation sites (tertiary alicyclic amines) is 1. The van der Waals surface area contributed by atoms with Gasteiger partial charge in [-0.05, 0) is 50.5 Å². The van der Waals surface area contributed by atoms with Gasteiger partial charge >= 0.3 is 6.09 Å². The van der Waals surface area contributed by atoms with E-state index in [2.05, 4.69) is 17.1 Å². The molecule has 128 valence electrons. The number of amides is 1. The maximum Gasteiger partial charge on any atom is 0.404 e. The van der Waals surface area contributed by atoms with Gasteiger partial charge in [0, 0.05) is 19.1 Å². The van der Waals surface area contributed by atoms with Crippen LogP contribution in [0, 0.1) is 11.8 Å². The minimum Gasteiger partial charge on any atom is -0.465 e. The molecule has 1 heterocycles. The summed E-state index contributed by atoms with van der Waals surface area (Å²) in [6, 6.07) is 0.173. The van der Waals surface area contributed by atoms with Gasteiger partial charge < -0.3 is 15.3 Å². The van der Waals surface area contributed by atoms with E-state index in [1.807, 2.05) is 0 Å². The van der Waals surface area contributed by atoms with Crippen LogP contribution in [-0.2, 0) is 0 Å². The van der Waals surface area contributed by atoms with Gasteiger partial charge in [-0.25, -0.2) is 4.79 Å². The zero-order valence-corrected chi connectivity index (χ0v) is 14.2. The quantitative estimate of drug-likeness (QED) is 0.696. The number of carbonyl (C=O) groups is 1. The predicted molar refractivity (Wildman–Crippen MR) is 90.2 cm³/mol. The van der Waals surface area contributed by atoms with E-state index < -0.39 is 6.09 Å². The van der Waals surface area contributed by atoms with Crippen molar-refractivity contribution in [2.24, 2.45) is 11.8 Å². The highest BCUT2D eigenvalue weighted by atomic mass is 16.4. The van der Waals surface area contributed by atoms with Crippen molar-refractivity contribution in [1.82, 2.24) is 10.2 Å². The molecule has 0 aromatic carbocycles. The number of unbranched alkanes of at least 4 members (excludes halogenated alkanes) is 2. The van der Waals surface area contributed by atoms with Crippen molar-refractivity contribution in [3.05, 3.63) is 0 Å². The molecule has 1 saturated carbocycles. The van der Waals surface area contributed by atoms with Crippen molar-refractivity contribution in [2.75, 3.05) is 19.6 Å². The molecule has 1 aliphatic heterocycles. The topological polar surface area (TPSA) is 52.6 Å². The average Bonchev–Trinajstić information content (AvgIpc) is 2.49. The number of nitrogens with zero attached hydrogens (tertiary/aromatic N) is 1. The molecule has 4 heteroatoms. The maximum atomic E-state index is 11.0. The van der Waals surface area contributed by atoms with E-state index in [0.29, 0.717) is 5.92 Å². The van der Waals surface area contributed by atoms with E-state index in [0.717, 1.165) is 18.9 Å². The number of hydrogen-bond acceptors (Lipinski definition) is 2. The second-order valence-electron chi connectivity index (χ2n) is 7.36. The Morgan fingerprint density at radius 1 is 1.18 bits per heavy atom. The molecule has 1 aliphatic carbocycles. The van der Waals surface area contributed by atoms with Crippen LogP contribution in [0.25, 0.3) is 0 Å². The molecule has 0 spiro atoms. The second-order valence-corrected chi connectivity index (χ2v) is 7.36. The molecule has 2 rings (SSSR count). The molecule has 1 saturated heterocycles. The first kappa shape index (κ1) is 17.6. The molecule has 2 fully saturated rings. The van der Waals surface area contributed by atoms with Crippen LogP contribution in [0.5, 0.6) is 0 Å². The van der Waals surface area contributed by atoms with Gasteiger partial charge in [0.2, 0.25) is 0 Å². The molecule has 3 atom stereocenters. The average molecular weight is 310 g/mol. The summed E-state index contributed by atoms with van der Waals surface area (Å²) in [6.45, 7) is 5.81. The van der Waals surface area contributed by atoms with Crippen LogP contribution in [-0.4, -0.2) is 41.8 Å². The summed E-state index contributed by atoms with van der Waals surface area (Å²) in [4.78, 5) is 13.6. The Balaban J connectivity index is 1.78. The molecule has 2 N–H and O–H groups in total. The SMILES string of the molecule is CCCCC[C@H]1CCCN(CC2CCCCC2NC(=O)O)C1. The number of rotatable bonds is 7. The third-order valence-electron chi connectivity index (χ3n) is 5.53. The number of carboxylic acid groups (broad SMARTS) is 1. The van der Waals surface area contributed by atoms with Crippen LogP contribution in [0.15, 0.2) is 0 Å². The summed E-state index contributed by atoms with van der Waals surface area (Å²) in [5.74, 6) is 1.38. The summed E-state index contributed by atoms with van der Waals surface area (Å²) in [5, 5.41) is 11.8. The van der Waals surface area contributed by atoms with Crippen LogP contribution >= 0.6 is 0 Å². The maximum absolute atomic E-state index is 11.0. The molecule has 0 aromatic rings. The van der Waals surface area contributed by atoms with Gasteiger partial charge in [-0.2, -0.15) is 0 Å². The smallest absolute Gasteiger partial charge is 0.404 e. The minimum atomic E-state index is -0.854. The number of nitrogens with one attached hydrogen (secondary N) is 1. The standard InChI is InChI=1S/C18H34N2O2/c1-2-3-4-8-15-9-7-12-20(13-15)14-16-10-5-6-11-17(16)19-18(21)22/h15-17,19H,2-14H2,1H3,(H,21,22)/t15-,16?,17?/m0/s1. The molecule has 4 nitrogen and oxygen atoms in total. The summed E-state index contributed by atoms with van der Waals surface area (Å²) < 4.78 is 0. The Kier molecular flexibility index (Phi) is 7.50. The second kappa shape index (κ2) is 9.39. The monoisotopic (exact) mass is 310 g/mol. The van der Waals surface area contributed by atoms with Crippen LogP contribution in [0.4, 0.5) is 4.79 Å². The lowest BCUT2D eigenvalue weighted by Crippen LogP contribution is -2.47. The largest absolute Gasteiger partial charge is 0.465 e. The molecule has 0 aromatic heterocycles. The van der Waals surface area contributed by atoms with Gasteiger partial charge in [-0.3, -0.25) is 0 Å². The van der Waals surface area contributed by atoms with E-state index in [-0.39, 0.29) is 6.04 Å². The molecule has 0 radical (unpaired) electrons. The number of hydrogen-bond donors (Lipinski definition) is 2. The Hall–Kier alpha value is -0.770. The molecule has 2 aliphatic rings. The Morgan fingerprint density at radius 3 is 2.77 bits per heavy atom. The number of piperidine rings is 1. The first-order valence-corrected chi connectivity index (χ1v) is 9.41. The fraction of sp³-hybridized carbons (Fsp3) is 0.944. The lowest BCUT2D eigenvalue weighted by molar-refractivity contribution is 0.114. The molecular weight excluding hydrogens is 276 g/mol. The van der Waals surface area contributed by atoms with E-state index in [4.69, 9.17) is 5.11 Å². The fourth-order valence-corrected chi connectivity index (χ4v) is 4.34. The van der Waals surface area contributed by atoms with Gasteiger partial charge in [0.1, 0.15) is 0 Å². The highest BCUT2D eigenvalue weighted by molar-refractivity contribution is 5.64. The lowest BCUT2D eigenvalue weighted by atomic mass is 9.83. The summed E-state index contributed by atoms with van der Waals surface area (Å²) in [6.07, 6.45) is 11.9. The van der Waals surface area contributed by atoms with Gasteiger partial charge in [0.15, 0.2) is 0 Å². The molecule has 0 bridgehead atoms. The van der Waals surface area contributed by atoms with E-state index >= 15 is 0 Å². The van der Waals surface area contributed by atoms with Crippen molar-refractivity contribution in [1.29, 1.82) is 0 Å². The first-order valence-electron chi connectivity index (χ1n) is 9.41. The van der Waals surface area contributed by atoms with Crippen molar-refractivity contribution in [3.63, 3.8) is 0 Å². The summed E-state index contributed by atoms with van der Waals surface area (Å²) >= 11 is 0. The summed E-state index contributed by atoms with van der Waals surface area (Å²) in [7, 11) is 0. The van der Waals surface area contributed by atoms with Crippen molar-refractivity contribution in [3.8, 4) is 0 Å². The van der Waals surface area contributed by atoms with Crippen LogP contribution in [0.2, 0.25) is 0 Å². The van der Waals surface area contributed by atoms with Gasteiger partial charge in [0.25, 0.3) is 0 Å². The van der Waals surface area contributed by atoms with E-state index in [1.54, 1.807) is 0 Å². The lowest BCUT2D eigenvalue weighted by Gasteiger charge is -2.39. The van der Waals surface area contributed by atoms with Crippen molar-refractivity contribution >= 4 is 6.09 Å². The van der Waals surface area contributed by atoms with Crippen molar-refractivity contribution < 1.29 is 9.90 Å². The third-order valence-corrected chi connectivity index (χ3v) is 5.53. The highest BCUT2D eigenvalue weighted by Crippen LogP contribution is 2.28. The first-order chi connectivity index (χ1) is 10.7. The Bertz CT molecular complexity index is 335. The van der Waals surface area contributed by atoms with Crippen LogP contribution in [0.1, 0.15) is 71.1 Å². The highest BCUT2D eigenvalue weighted by Gasteiger charge is 2.29. The van der Waals surface area contributed by atoms with E-state index in [1.165, 1.54) is 70.9 Å². The van der Waals surface area contributed by atoms with Gasteiger partial charge in [-0.15, -0.1) is 0 Å². The zero-order chi connectivity index (χ0) is 15.8. The van der Waals surface area contributed by atoms with Gasteiger partial charge in [-0.1, -0.05) is 39.0 Å². The van der Waals surface area contributed by atoms with Gasteiger partial charge in [0.05, 0.1) is 0 Å². The summed E-state index contributed by atoms with van der Waals surface area (Å²) in [5.41, 5.74) is 0. The Labute approximate surface area is 135 Å². The minimum absolute atomic E-state index is 0.173. The Morgan fingerprint density at radius 2 is 2.00 bits per heavy atom. The molecular formula is C18H34N2O2. The van der Waals surface area contributed by atoms with E-state index in [9.17, 15) is 4.79 Å². The third kappa shape index (κ3) is 5.79. The van der Waals surface area contributed by atoms with Crippen LogP contribution < -0.4 is 5.32 Å². The molecule has 2 unspecified atom stereocenters. The van der Waals surface area contributed by atoms with Crippen molar-refractivity contribution in [2.45, 2.75) is 77.2 Å². The fourth-order valence-electron chi connectivity index (χ4n) is 4.34.